The molecule has 0 aliphatic heterocycles. The number of benzene rings is 1. The first-order valence-electron chi connectivity index (χ1n) is 10.5. The number of aryl methyl sites for hydroxylation is 3. The van der Waals surface area contributed by atoms with Crippen molar-refractivity contribution >= 4 is 17.6 Å². The number of carbonyl (C=O) groups is 2. The Morgan fingerprint density at radius 3 is 2.34 bits per heavy atom. The molecule has 2 aliphatic carbocycles. The van der Waals surface area contributed by atoms with Gasteiger partial charge in [0.1, 0.15) is 6.54 Å². The summed E-state index contributed by atoms with van der Waals surface area (Å²) in [5, 5.41) is 3.01. The lowest BCUT2D eigenvalue weighted by Crippen LogP contribution is -2.46. The molecule has 2 saturated carbocycles. The molecule has 2 fully saturated rings. The predicted molar refractivity (Wildman–Crippen MR) is 114 cm³/mol. The first kappa shape index (κ1) is 19.6. The topological polar surface area (TPSA) is 57.6 Å². The third-order valence-corrected chi connectivity index (χ3v) is 5.87. The molecular weight excluding hydrogens is 364 g/mol. The summed E-state index contributed by atoms with van der Waals surface area (Å²) in [5.74, 6) is 0.0383. The quantitative estimate of drug-likeness (QED) is 0.776. The van der Waals surface area contributed by atoms with Crippen LogP contribution in [0.5, 0.6) is 0 Å². The largest absolute Gasteiger partial charge is 0.353 e. The van der Waals surface area contributed by atoms with E-state index >= 15 is 0 Å². The maximum absolute atomic E-state index is 13.2. The van der Waals surface area contributed by atoms with Gasteiger partial charge < -0.3 is 19.7 Å². The van der Waals surface area contributed by atoms with Crippen LogP contribution in [0.25, 0.3) is 0 Å². The lowest BCUT2D eigenvalue weighted by Gasteiger charge is -2.28. The van der Waals surface area contributed by atoms with E-state index in [0.29, 0.717) is 12.6 Å². The van der Waals surface area contributed by atoms with E-state index in [9.17, 15) is 9.59 Å². The van der Waals surface area contributed by atoms with Gasteiger partial charge in [-0.25, -0.2) is 4.79 Å². The lowest BCUT2D eigenvalue weighted by molar-refractivity contribution is -0.133. The number of hydrogen-bond donors (Lipinski definition) is 1. The standard InChI is InChI=1S/C23H30N4O2/c1-16-6-11-21(17(2)13-16)24-23(29)27(19-9-10-19)15-22(28)26(18-7-8-18)14-20-5-4-12-25(20)3/h4-6,11-13,18-19H,7-10,14-15H2,1-3H3,(H,24,29). The lowest BCUT2D eigenvalue weighted by atomic mass is 10.1. The van der Waals surface area contributed by atoms with E-state index in [1.54, 1.807) is 4.90 Å². The Hall–Kier alpha value is -2.76. The number of carbonyl (C=O) groups excluding carboxylic acids is 2. The zero-order valence-electron chi connectivity index (χ0n) is 17.5. The van der Waals surface area contributed by atoms with Crippen LogP contribution in [0.4, 0.5) is 10.5 Å². The number of rotatable bonds is 7. The van der Waals surface area contributed by atoms with E-state index < -0.39 is 0 Å². The Balaban J connectivity index is 1.44. The molecule has 0 spiro atoms. The molecule has 1 aromatic heterocycles. The van der Waals surface area contributed by atoms with Gasteiger partial charge in [0, 0.05) is 36.7 Å². The van der Waals surface area contributed by atoms with Crippen LogP contribution in [0.2, 0.25) is 0 Å². The first-order valence-corrected chi connectivity index (χ1v) is 10.5. The summed E-state index contributed by atoms with van der Waals surface area (Å²) in [6, 6.07) is 10.3. The van der Waals surface area contributed by atoms with Gasteiger partial charge in [-0.15, -0.1) is 0 Å². The Kier molecular flexibility index (Phi) is 5.35. The summed E-state index contributed by atoms with van der Waals surface area (Å²) >= 11 is 0. The highest BCUT2D eigenvalue weighted by Gasteiger charge is 2.38. The molecule has 0 saturated heterocycles. The van der Waals surface area contributed by atoms with Gasteiger partial charge in [-0.2, -0.15) is 0 Å². The summed E-state index contributed by atoms with van der Waals surface area (Å²) in [7, 11) is 2.00. The SMILES string of the molecule is Cc1ccc(NC(=O)N(CC(=O)N(Cc2cccn2C)C2CC2)C2CC2)c(C)c1. The highest BCUT2D eigenvalue weighted by molar-refractivity contribution is 5.93. The fourth-order valence-corrected chi connectivity index (χ4v) is 3.77. The van der Waals surface area contributed by atoms with Crippen molar-refractivity contribution < 1.29 is 9.59 Å². The van der Waals surface area contributed by atoms with E-state index in [4.69, 9.17) is 0 Å². The molecule has 1 aromatic carbocycles. The van der Waals surface area contributed by atoms with E-state index in [1.165, 1.54) is 0 Å². The summed E-state index contributed by atoms with van der Waals surface area (Å²) < 4.78 is 2.05. The molecule has 0 atom stereocenters. The van der Waals surface area contributed by atoms with Crippen molar-refractivity contribution in [2.24, 2.45) is 7.05 Å². The molecule has 29 heavy (non-hydrogen) atoms. The van der Waals surface area contributed by atoms with Gasteiger partial charge in [0.25, 0.3) is 0 Å². The smallest absolute Gasteiger partial charge is 0.322 e. The minimum absolute atomic E-state index is 0.0383. The average molecular weight is 395 g/mol. The summed E-state index contributed by atoms with van der Waals surface area (Å²) in [4.78, 5) is 29.8. The third-order valence-electron chi connectivity index (χ3n) is 5.87. The Morgan fingerprint density at radius 1 is 1.07 bits per heavy atom. The van der Waals surface area contributed by atoms with E-state index in [1.807, 2.05) is 60.8 Å². The number of aromatic nitrogens is 1. The summed E-state index contributed by atoms with van der Waals surface area (Å²) in [6.45, 7) is 4.77. The Bertz CT molecular complexity index is 911. The molecule has 1 heterocycles. The molecule has 0 bridgehead atoms. The van der Waals surface area contributed by atoms with Crippen LogP contribution in [-0.4, -0.2) is 44.9 Å². The second-order valence-corrected chi connectivity index (χ2v) is 8.47. The maximum atomic E-state index is 13.2. The minimum atomic E-state index is -0.178. The predicted octanol–water partition coefficient (Wildman–Crippen LogP) is 3.83. The average Bonchev–Trinajstić information content (AvgIpc) is 3.59. The highest BCUT2D eigenvalue weighted by atomic mass is 16.2. The molecular formula is C23H30N4O2. The van der Waals surface area contributed by atoms with Gasteiger partial charge in [-0.1, -0.05) is 17.7 Å². The van der Waals surface area contributed by atoms with E-state index in [2.05, 4.69) is 11.4 Å². The van der Waals surface area contributed by atoms with Crippen LogP contribution in [0.15, 0.2) is 36.5 Å². The van der Waals surface area contributed by atoms with Crippen LogP contribution >= 0.6 is 0 Å². The van der Waals surface area contributed by atoms with Crippen molar-refractivity contribution in [3.63, 3.8) is 0 Å². The highest BCUT2D eigenvalue weighted by Crippen LogP contribution is 2.31. The van der Waals surface area contributed by atoms with Crippen LogP contribution in [-0.2, 0) is 18.4 Å². The second kappa shape index (κ2) is 7.93. The van der Waals surface area contributed by atoms with Crippen molar-refractivity contribution in [3.05, 3.63) is 53.3 Å². The number of hydrogen-bond acceptors (Lipinski definition) is 2. The fraction of sp³-hybridized carbons (Fsp3) is 0.478. The molecule has 154 valence electrons. The molecule has 3 amide bonds. The molecule has 6 heteroatoms. The Labute approximate surface area is 172 Å². The number of anilines is 1. The molecule has 0 radical (unpaired) electrons. The number of urea groups is 1. The first-order chi connectivity index (χ1) is 13.9. The molecule has 1 N–H and O–H groups in total. The molecule has 0 unspecified atom stereocenters. The molecule has 4 rings (SSSR count). The van der Waals surface area contributed by atoms with Crippen molar-refractivity contribution in [2.45, 2.75) is 58.2 Å². The summed E-state index contributed by atoms with van der Waals surface area (Å²) in [5.41, 5.74) is 4.11. The van der Waals surface area contributed by atoms with Gasteiger partial charge in [0.2, 0.25) is 5.91 Å². The number of nitrogens with zero attached hydrogens (tertiary/aromatic N) is 3. The minimum Gasteiger partial charge on any atom is -0.353 e. The van der Waals surface area contributed by atoms with Crippen LogP contribution in [0.1, 0.15) is 42.5 Å². The van der Waals surface area contributed by atoms with Crippen molar-refractivity contribution in [2.75, 3.05) is 11.9 Å². The second-order valence-electron chi connectivity index (χ2n) is 8.47. The normalized spacial score (nSPS) is 15.8. The van der Waals surface area contributed by atoms with Gasteiger partial charge in [-0.05, 0) is 63.3 Å². The zero-order chi connectivity index (χ0) is 20.5. The van der Waals surface area contributed by atoms with E-state index in [-0.39, 0.29) is 24.5 Å². The van der Waals surface area contributed by atoms with Crippen molar-refractivity contribution in [1.29, 1.82) is 0 Å². The van der Waals surface area contributed by atoms with Gasteiger partial charge >= 0.3 is 6.03 Å². The van der Waals surface area contributed by atoms with Crippen molar-refractivity contribution in [1.82, 2.24) is 14.4 Å². The zero-order valence-corrected chi connectivity index (χ0v) is 17.5. The summed E-state index contributed by atoms with van der Waals surface area (Å²) in [6.07, 6.45) is 6.03. The molecule has 2 aliphatic rings. The maximum Gasteiger partial charge on any atom is 0.322 e. The third kappa shape index (κ3) is 4.63. The van der Waals surface area contributed by atoms with Gasteiger partial charge in [0.05, 0.1) is 6.54 Å². The van der Waals surface area contributed by atoms with Gasteiger partial charge in [0.15, 0.2) is 0 Å². The van der Waals surface area contributed by atoms with Gasteiger partial charge in [-0.3, -0.25) is 4.79 Å². The van der Waals surface area contributed by atoms with Crippen LogP contribution in [0, 0.1) is 13.8 Å². The monoisotopic (exact) mass is 394 g/mol. The van der Waals surface area contributed by atoms with E-state index in [0.717, 1.165) is 48.2 Å². The fourth-order valence-electron chi connectivity index (χ4n) is 3.77. The molecule has 6 nitrogen and oxygen atoms in total. The molecule has 2 aromatic rings. The van der Waals surface area contributed by atoms with Crippen LogP contribution < -0.4 is 5.32 Å². The number of nitrogens with one attached hydrogen (secondary N) is 1. The van der Waals surface area contributed by atoms with Crippen LogP contribution in [0.3, 0.4) is 0 Å². The van der Waals surface area contributed by atoms with Crippen molar-refractivity contribution in [3.8, 4) is 0 Å². The number of amides is 3. The Morgan fingerprint density at radius 2 is 1.76 bits per heavy atom.